The van der Waals surface area contributed by atoms with Crippen molar-refractivity contribution in [1.29, 1.82) is 0 Å². The number of anilines is 1. The van der Waals surface area contributed by atoms with E-state index in [4.69, 9.17) is 9.47 Å². The number of likely N-dealkylation sites (N-methyl/N-ethyl adjacent to an activating group) is 1. The molecule has 0 bridgehead atoms. The Bertz CT molecular complexity index is 914. The summed E-state index contributed by atoms with van der Waals surface area (Å²) in [5.74, 6) is -2.10. The van der Waals surface area contributed by atoms with Crippen molar-refractivity contribution in [2.75, 3.05) is 26.0 Å². The van der Waals surface area contributed by atoms with E-state index >= 15 is 0 Å². The zero-order valence-corrected chi connectivity index (χ0v) is 17.4. The minimum Gasteiger partial charge on any atom is -0.494 e. The minimum atomic E-state index is -1.09. The molecule has 0 heterocycles. The maximum Gasteiger partial charge on any atom is 0.311 e. The van der Waals surface area contributed by atoms with Gasteiger partial charge in [-0.1, -0.05) is 23.8 Å². The van der Waals surface area contributed by atoms with Gasteiger partial charge >= 0.3 is 5.97 Å². The first-order valence-corrected chi connectivity index (χ1v) is 9.33. The van der Waals surface area contributed by atoms with Crippen LogP contribution >= 0.6 is 0 Å². The largest absolute Gasteiger partial charge is 0.494 e. The van der Waals surface area contributed by atoms with E-state index in [1.54, 1.807) is 12.1 Å². The van der Waals surface area contributed by atoms with E-state index in [1.165, 1.54) is 44.2 Å². The molecule has 2 amide bonds. The third-order valence-corrected chi connectivity index (χ3v) is 4.31. The summed E-state index contributed by atoms with van der Waals surface area (Å²) >= 11 is 0. The van der Waals surface area contributed by atoms with Gasteiger partial charge in [-0.3, -0.25) is 14.4 Å². The Labute approximate surface area is 174 Å². The van der Waals surface area contributed by atoms with Gasteiger partial charge in [0, 0.05) is 12.7 Å². The predicted molar refractivity (Wildman–Crippen MR) is 110 cm³/mol. The van der Waals surface area contributed by atoms with Gasteiger partial charge in [0.05, 0.1) is 20.1 Å². The molecule has 0 aliphatic heterocycles. The van der Waals surface area contributed by atoms with Crippen molar-refractivity contribution in [2.45, 2.75) is 26.4 Å². The van der Waals surface area contributed by atoms with Gasteiger partial charge in [0.2, 0.25) is 5.91 Å². The molecule has 1 N–H and O–H groups in total. The van der Waals surface area contributed by atoms with Gasteiger partial charge in [0.1, 0.15) is 0 Å². The van der Waals surface area contributed by atoms with Crippen LogP contribution < -0.4 is 10.1 Å². The van der Waals surface area contributed by atoms with Crippen LogP contribution in [0.25, 0.3) is 0 Å². The number of halogens is 1. The number of aryl methyl sites for hydroxylation is 1. The SMILES string of the molecule is COc1ccc(CC(=O)O[C@H](C)C(=O)N(C)CC(=O)Nc2ccc(C)cc2)cc1F. The molecule has 2 rings (SSSR count). The number of nitrogens with zero attached hydrogens (tertiary/aromatic N) is 1. The summed E-state index contributed by atoms with van der Waals surface area (Å²) in [4.78, 5) is 37.8. The molecular weight excluding hydrogens is 391 g/mol. The highest BCUT2D eigenvalue weighted by atomic mass is 19.1. The van der Waals surface area contributed by atoms with Crippen LogP contribution in [0.4, 0.5) is 10.1 Å². The van der Waals surface area contributed by atoms with Gasteiger partial charge in [-0.2, -0.15) is 0 Å². The van der Waals surface area contributed by atoms with Crippen LogP contribution in [-0.2, 0) is 25.5 Å². The Morgan fingerprint density at radius 1 is 1.13 bits per heavy atom. The monoisotopic (exact) mass is 416 g/mol. The third-order valence-electron chi connectivity index (χ3n) is 4.31. The van der Waals surface area contributed by atoms with Crippen molar-refractivity contribution in [2.24, 2.45) is 0 Å². The third kappa shape index (κ3) is 6.58. The van der Waals surface area contributed by atoms with Gasteiger partial charge in [0.25, 0.3) is 5.91 Å². The van der Waals surface area contributed by atoms with Crippen LogP contribution in [0, 0.1) is 12.7 Å². The molecule has 8 heteroatoms. The molecule has 0 saturated heterocycles. The molecule has 2 aromatic rings. The van der Waals surface area contributed by atoms with Crippen LogP contribution in [0.5, 0.6) is 5.75 Å². The highest BCUT2D eigenvalue weighted by Gasteiger charge is 2.23. The Morgan fingerprint density at radius 3 is 2.40 bits per heavy atom. The maximum absolute atomic E-state index is 13.7. The topological polar surface area (TPSA) is 84.9 Å². The fraction of sp³-hybridized carbons (Fsp3) is 0.318. The van der Waals surface area contributed by atoms with Crippen molar-refractivity contribution in [1.82, 2.24) is 4.90 Å². The molecule has 0 unspecified atom stereocenters. The average molecular weight is 416 g/mol. The van der Waals surface area contributed by atoms with Gasteiger partial charge in [-0.15, -0.1) is 0 Å². The van der Waals surface area contributed by atoms with E-state index in [1.807, 2.05) is 19.1 Å². The van der Waals surface area contributed by atoms with E-state index in [9.17, 15) is 18.8 Å². The zero-order valence-electron chi connectivity index (χ0n) is 17.4. The summed E-state index contributed by atoms with van der Waals surface area (Å²) in [7, 11) is 2.79. The Balaban J connectivity index is 1.84. The predicted octanol–water partition coefficient (Wildman–Crippen LogP) is 2.71. The highest BCUT2D eigenvalue weighted by Crippen LogP contribution is 2.18. The first kappa shape index (κ1) is 22.9. The Hall–Kier alpha value is -3.42. The number of benzene rings is 2. The number of ether oxygens (including phenoxy) is 2. The van der Waals surface area contributed by atoms with Crippen molar-refractivity contribution in [3.63, 3.8) is 0 Å². The molecule has 2 aromatic carbocycles. The van der Waals surface area contributed by atoms with E-state index in [-0.39, 0.29) is 24.6 Å². The normalized spacial score (nSPS) is 11.4. The number of hydrogen-bond donors (Lipinski definition) is 1. The lowest BCUT2D eigenvalue weighted by Crippen LogP contribution is -2.41. The van der Waals surface area contributed by atoms with Crippen molar-refractivity contribution in [3.8, 4) is 5.75 Å². The van der Waals surface area contributed by atoms with Crippen LogP contribution in [-0.4, -0.2) is 49.5 Å². The molecule has 0 radical (unpaired) electrons. The van der Waals surface area contributed by atoms with Crippen LogP contribution in [0.2, 0.25) is 0 Å². The molecule has 0 saturated carbocycles. The summed E-state index contributed by atoms with van der Waals surface area (Å²) in [6.45, 7) is 3.16. The smallest absolute Gasteiger partial charge is 0.311 e. The van der Waals surface area contributed by atoms with Crippen LogP contribution in [0.15, 0.2) is 42.5 Å². The van der Waals surface area contributed by atoms with Crippen molar-refractivity contribution >= 4 is 23.5 Å². The average Bonchev–Trinajstić information content (AvgIpc) is 2.69. The standard InChI is InChI=1S/C22H25FN2O5/c1-14-5-8-17(9-6-14)24-20(26)13-25(3)22(28)15(2)30-21(27)12-16-7-10-19(29-4)18(23)11-16/h5-11,15H,12-13H2,1-4H3,(H,24,26)/t15-/m1/s1. The number of esters is 1. The number of amides is 2. The van der Waals surface area contributed by atoms with Gasteiger partial charge in [-0.25, -0.2) is 4.39 Å². The maximum atomic E-state index is 13.7. The second-order valence-electron chi connectivity index (χ2n) is 6.89. The van der Waals surface area contributed by atoms with Gasteiger partial charge < -0.3 is 19.7 Å². The molecule has 0 aliphatic carbocycles. The number of methoxy groups -OCH3 is 1. The van der Waals surface area contributed by atoms with E-state index in [2.05, 4.69) is 5.32 Å². The highest BCUT2D eigenvalue weighted by molar-refractivity contribution is 5.95. The van der Waals surface area contributed by atoms with Gasteiger partial charge in [-0.05, 0) is 43.7 Å². The summed E-state index contributed by atoms with van der Waals surface area (Å²) in [5.41, 5.74) is 2.08. The first-order valence-electron chi connectivity index (χ1n) is 9.33. The second kappa shape index (κ2) is 10.4. The second-order valence-corrected chi connectivity index (χ2v) is 6.89. The number of hydrogen-bond acceptors (Lipinski definition) is 5. The number of nitrogens with one attached hydrogen (secondary N) is 1. The molecular formula is C22H25FN2O5. The van der Waals surface area contributed by atoms with E-state index in [0.29, 0.717) is 11.3 Å². The molecule has 0 aliphatic rings. The molecule has 0 aromatic heterocycles. The molecule has 30 heavy (non-hydrogen) atoms. The zero-order chi connectivity index (χ0) is 22.3. The Kier molecular flexibility index (Phi) is 7.91. The summed E-state index contributed by atoms with van der Waals surface area (Å²) < 4.78 is 23.7. The molecule has 7 nitrogen and oxygen atoms in total. The van der Waals surface area contributed by atoms with Gasteiger partial charge in [0.15, 0.2) is 17.7 Å². The lowest BCUT2D eigenvalue weighted by atomic mass is 10.1. The molecule has 1 atom stereocenters. The summed E-state index contributed by atoms with van der Waals surface area (Å²) in [5, 5.41) is 2.70. The fourth-order valence-corrected chi connectivity index (χ4v) is 2.72. The minimum absolute atomic E-state index is 0.0706. The fourth-order valence-electron chi connectivity index (χ4n) is 2.72. The van der Waals surface area contributed by atoms with E-state index in [0.717, 1.165) is 5.56 Å². The number of carbonyl (C=O) groups excluding carboxylic acids is 3. The number of rotatable bonds is 8. The number of carbonyl (C=O) groups is 3. The lowest BCUT2D eigenvalue weighted by Gasteiger charge is -2.21. The quantitative estimate of drug-likeness (QED) is 0.669. The molecule has 0 fully saturated rings. The van der Waals surface area contributed by atoms with Crippen molar-refractivity contribution < 1.29 is 28.2 Å². The summed E-state index contributed by atoms with van der Waals surface area (Å²) in [6, 6.07) is 11.4. The summed E-state index contributed by atoms with van der Waals surface area (Å²) in [6.07, 6.45) is -1.28. The molecule has 0 spiro atoms. The Morgan fingerprint density at radius 2 is 1.80 bits per heavy atom. The lowest BCUT2D eigenvalue weighted by molar-refractivity contribution is -0.158. The first-order chi connectivity index (χ1) is 14.2. The van der Waals surface area contributed by atoms with Crippen LogP contribution in [0.1, 0.15) is 18.1 Å². The van der Waals surface area contributed by atoms with E-state index < -0.39 is 23.8 Å². The van der Waals surface area contributed by atoms with Crippen LogP contribution in [0.3, 0.4) is 0 Å². The molecule has 160 valence electrons. The van der Waals surface area contributed by atoms with Crippen molar-refractivity contribution in [3.05, 3.63) is 59.4 Å².